The van der Waals surface area contributed by atoms with Crippen LogP contribution in [0.3, 0.4) is 0 Å². The van der Waals surface area contributed by atoms with Gasteiger partial charge in [0, 0.05) is 28.5 Å². The van der Waals surface area contributed by atoms with E-state index in [9.17, 15) is 0 Å². The van der Waals surface area contributed by atoms with Crippen LogP contribution in [0.5, 0.6) is 0 Å². The Morgan fingerprint density at radius 1 is 0.875 bits per heavy atom. The standard InChI is InChI=1S/C27H29ClN4/c1-2-3-6-18-30-21-14-12-20(13-15-21)25-16-17-26(23-9-4-5-10-24(23)28)32(25)19-22-8-7-11-27(29)31-22/h4-5,7-17,30H,2-3,6,18-19H2,1H3,(H2,29,31). The normalized spacial score (nSPS) is 10.9. The molecule has 4 nitrogen and oxygen atoms in total. The van der Waals surface area contributed by atoms with Crippen LogP contribution in [0.15, 0.2) is 78.9 Å². The van der Waals surface area contributed by atoms with Gasteiger partial charge in [-0.05, 0) is 54.4 Å². The predicted octanol–water partition coefficient (Wildman–Crippen LogP) is 7.10. The number of halogens is 1. The fraction of sp³-hybridized carbons (Fsp3) is 0.222. The van der Waals surface area contributed by atoms with Gasteiger partial charge >= 0.3 is 0 Å². The molecule has 2 heterocycles. The highest BCUT2D eigenvalue weighted by atomic mass is 35.5. The second-order valence-electron chi connectivity index (χ2n) is 7.93. The van der Waals surface area contributed by atoms with Crippen molar-refractivity contribution in [3.63, 3.8) is 0 Å². The van der Waals surface area contributed by atoms with E-state index in [1.54, 1.807) is 6.07 Å². The molecule has 0 saturated carbocycles. The maximum absolute atomic E-state index is 6.55. The molecular formula is C27H29ClN4. The van der Waals surface area contributed by atoms with Gasteiger partial charge in [-0.15, -0.1) is 0 Å². The van der Waals surface area contributed by atoms with Crippen molar-refractivity contribution in [1.29, 1.82) is 0 Å². The lowest BCUT2D eigenvalue weighted by molar-refractivity contribution is 0.744. The van der Waals surface area contributed by atoms with E-state index in [2.05, 4.69) is 58.2 Å². The summed E-state index contributed by atoms with van der Waals surface area (Å²) in [6.07, 6.45) is 3.67. The van der Waals surface area contributed by atoms with E-state index in [-0.39, 0.29) is 0 Å². The molecule has 0 aliphatic rings. The van der Waals surface area contributed by atoms with Gasteiger partial charge in [-0.2, -0.15) is 0 Å². The van der Waals surface area contributed by atoms with Gasteiger partial charge < -0.3 is 15.6 Å². The van der Waals surface area contributed by atoms with E-state index in [0.717, 1.165) is 45.5 Å². The summed E-state index contributed by atoms with van der Waals surface area (Å²) in [4.78, 5) is 4.52. The van der Waals surface area contributed by atoms with Crippen LogP contribution in [-0.4, -0.2) is 16.1 Å². The van der Waals surface area contributed by atoms with Gasteiger partial charge in [-0.25, -0.2) is 4.98 Å². The second-order valence-corrected chi connectivity index (χ2v) is 8.34. The molecule has 32 heavy (non-hydrogen) atoms. The molecule has 2 aromatic carbocycles. The average Bonchev–Trinajstić information content (AvgIpc) is 3.20. The number of nitrogens with zero attached hydrogens (tertiary/aromatic N) is 2. The molecule has 164 valence electrons. The van der Waals surface area contributed by atoms with Crippen LogP contribution >= 0.6 is 11.6 Å². The number of nitrogen functional groups attached to an aromatic ring is 1. The molecule has 0 fully saturated rings. The van der Waals surface area contributed by atoms with Crippen LogP contribution in [0.1, 0.15) is 31.9 Å². The highest BCUT2D eigenvalue weighted by molar-refractivity contribution is 6.33. The van der Waals surface area contributed by atoms with Gasteiger partial charge in [-0.3, -0.25) is 0 Å². The Bertz CT molecular complexity index is 1160. The van der Waals surface area contributed by atoms with E-state index >= 15 is 0 Å². The monoisotopic (exact) mass is 444 g/mol. The zero-order valence-corrected chi connectivity index (χ0v) is 19.1. The molecule has 5 heteroatoms. The van der Waals surface area contributed by atoms with Crippen LogP contribution in [0, 0.1) is 0 Å². The predicted molar refractivity (Wildman–Crippen MR) is 136 cm³/mol. The summed E-state index contributed by atoms with van der Waals surface area (Å²) in [7, 11) is 0. The number of unbranched alkanes of at least 4 members (excludes halogenated alkanes) is 2. The maximum Gasteiger partial charge on any atom is 0.123 e. The van der Waals surface area contributed by atoms with Crippen LogP contribution < -0.4 is 11.1 Å². The third-order valence-corrected chi connectivity index (χ3v) is 5.90. The number of pyridine rings is 1. The molecule has 0 atom stereocenters. The Morgan fingerprint density at radius 2 is 1.66 bits per heavy atom. The van der Waals surface area contributed by atoms with Gasteiger partial charge in [0.05, 0.1) is 17.9 Å². The number of hydrogen-bond acceptors (Lipinski definition) is 3. The maximum atomic E-state index is 6.55. The summed E-state index contributed by atoms with van der Waals surface area (Å²) < 4.78 is 2.26. The van der Waals surface area contributed by atoms with Gasteiger partial charge in [0.15, 0.2) is 0 Å². The first-order valence-electron chi connectivity index (χ1n) is 11.2. The van der Waals surface area contributed by atoms with Crippen molar-refractivity contribution in [3.05, 3.63) is 89.6 Å². The summed E-state index contributed by atoms with van der Waals surface area (Å²) in [5.74, 6) is 0.522. The minimum absolute atomic E-state index is 0.522. The Balaban J connectivity index is 1.68. The average molecular weight is 445 g/mol. The molecule has 0 radical (unpaired) electrons. The first-order valence-corrected chi connectivity index (χ1v) is 11.5. The minimum Gasteiger partial charge on any atom is -0.385 e. The Hall–Kier alpha value is -3.24. The molecule has 0 spiro atoms. The highest BCUT2D eigenvalue weighted by Crippen LogP contribution is 2.34. The highest BCUT2D eigenvalue weighted by Gasteiger charge is 2.15. The molecule has 0 aliphatic carbocycles. The Morgan fingerprint density at radius 3 is 2.41 bits per heavy atom. The number of nitrogens with two attached hydrogens (primary N) is 1. The number of nitrogens with one attached hydrogen (secondary N) is 1. The van der Waals surface area contributed by atoms with Crippen LogP contribution in [0.4, 0.5) is 11.5 Å². The van der Waals surface area contributed by atoms with Crippen molar-refractivity contribution in [2.75, 3.05) is 17.6 Å². The first kappa shape index (κ1) is 22.0. The number of benzene rings is 2. The number of rotatable bonds is 9. The van der Waals surface area contributed by atoms with Crippen molar-refractivity contribution in [2.45, 2.75) is 32.7 Å². The third-order valence-electron chi connectivity index (χ3n) is 5.57. The zero-order valence-electron chi connectivity index (χ0n) is 18.4. The quantitative estimate of drug-likeness (QED) is 0.270. The van der Waals surface area contributed by atoms with Crippen molar-refractivity contribution >= 4 is 23.1 Å². The van der Waals surface area contributed by atoms with Gasteiger partial charge in [0.2, 0.25) is 0 Å². The number of aromatic nitrogens is 2. The van der Waals surface area contributed by atoms with Gasteiger partial charge in [-0.1, -0.05) is 67.8 Å². The van der Waals surface area contributed by atoms with Crippen LogP contribution in [0.25, 0.3) is 22.5 Å². The summed E-state index contributed by atoms with van der Waals surface area (Å²) in [5.41, 5.74) is 12.3. The van der Waals surface area contributed by atoms with Crippen molar-refractivity contribution in [1.82, 2.24) is 9.55 Å². The number of anilines is 2. The molecule has 4 rings (SSSR count). The van der Waals surface area contributed by atoms with E-state index < -0.39 is 0 Å². The SMILES string of the molecule is CCCCCNc1ccc(-c2ccc(-c3ccccc3Cl)n2Cc2cccc(N)n2)cc1. The van der Waals surface area contributed by atoms with Crippen molar-refractivity contribution < 1.29 is 0 Å². The third kappa shape index (κ3) is 5.14. The van der Waals surface area contributed by atoms with Crippen molar-refractivity contribution in [3.8, 4) is 22.5 Å². The van der Waals surface area contributed by atoms with Gasteiger partial charge in [0.25, 0.3) is 0 Å². The summed E-state index contributed by atoms with van der Waals surface area (Å²) in [5, 5.41) is 4.24. The first-order chi connectivity index (χ1) is 15.7. The Labute approximate surface area is 195 Å². The van der Waals surface area contributed by atoms with E-state index in [1.807, 2.05) is 36.4 Å². The molecule has 0 saturated heterocycles. The summed E-state index contributed by atoms with van der Waals surface area (Å²) in [6.45, 7) is 3.83. The van der Waals surface area contributed by atoms with Gasteiger partial charge in [0.1, 0.15) is 5.82 Å². The van der Waals surface area contributed by atoms with E-state index in [4.69, 9.17) is 17.3 Å². The largest absolute Gasteiger partial charge is 0.385 e. The molecule has 2 aromatic heterocycles. The lowest BCUT2D eigenvalue weighted by atomic mass is 10.1. The van der Waals surface area contributed by atoms with E-state index in [0.29, 0.717) is 12.4 Å². The zero-order chi connectivity index (χ0) is 22.3. The molecule has 4 aromatic rings. The summed E-state index contributed by atoms with van der Waals surface area (Å²) >= 11 is 6.55. The van der Waals surface area contributed by atoms with Crippen molar-refractivity contribution in [2.24, 2.45) is 0 Å². The van der Waals surface area contributed by atoms with E-state index in [1.165, 1.54) is 19.3 Å². The summed E-state index contributed by atoms with van der Waals surface area (Å²) in [6, 6.07) is 26.6. The topological polar surface area (TPSA) is 55.9 Å². The molecule has 0 amide bonds. The molecule has 3 N–H and O–H groups in total. The molecule has 0 unspecified atom stereocenters. The second kappa shape index (κ2) is 10.4. The fourth-order valence-corrected chi connectivity index (χ4v) is 4.14. The molecule has 0 bridgehead atoms. The smallest absolute Gasteiger partial charge is 0.123 e. The fourth-order valence-electron chi connectivity index (χ4n) is 3.91. The minimum atomic E-state index is 0.522. The Kier molecular flexibility index (Phi) is 7.13. The molecular weight excluding hydrogens is 416 g/mol. The lowest BCUT2D eigenvalue weighted by Crippen LogP contribution is -2.07. The lowest BCUT2D eigenvalue weighted by Gasteiger charge is -2.15. The van der Waals surface area contributed by atoms with Crippen LogP contribution in [0.2, 0.25) is 5.02 Å². The molecule has 0 aliphatic heterocycles. The van der Waals surface area contributed by atoms with Crippen LogP contribution in [-0.2, 0) is 6.54 Å². The number of hydrogen-bond donors (Lipinski definition) is 2.